The largest absolute Gasteiger partial charge is 0.315 e. The highest BCUT2D eigenvalue weighted by Gasteiger charge is 2.43. The molecular weight excluding hydrogens is 345 g/mol. The first-order valence-corrected chi connectivity index (χ1v) is 8.80. The van der Waals surface area contributed by atoms with Crippen LogP contribution in [-0.2, 0) is 10.0 Å². The van der Waals surface area contributed by atoms with Crippen LogP contribution in [0.25, 0.3) is 0 Å². The van der Waals surface area contributed by atoms with Gasteiger partial charge in [0.2, 0.25) is 10.0 Å². The van der Waals surface area contributed by atoms with Crippen molar-refractivity contribution in [2.45, 2.75) is 36.2 Å². The summed E-state index contributed by atoms with van der Waals surface area (Å²) in [7, 11) is -3.62. The summed E-state index contributed by atoms with van der Waals surface area (Å²) in [5.41, 5.74) is 0.361. The Morgan fingerprint density at radius 2 is 2.00 bits per heavy atom. The zero-order valence-electron chi connectivity index (χ0n) is 11.8. The summed E-state index contributed by atoms with van der Waals surface area (Å²) in [5.74, 6) is 0. The van der Waals surface area contributed by atoms with Gasteiger partial charge in [0.1, 0.15) is 4.90 Å². The molecule has 3 rings (SSSR count). The standard InChI is InChI=1S/C14H16ClN3O2S.ClH/c15-13-7-10(8-16)1-4-14(13)21(19,20)18-11-2-3-12(18)9-17-6-5-11;/h1,4,7,11-12,17H,2-3,5-6,9H2;1H. The Balaban J connectivity index is 0.00000176. The van der Waals surface area contributed by atoms with Crippen molar-refractivity contribution < 1.29 is 8.42 Å². The SMILES string of the molecule is Cl.N#Cc1ccc(S(=O)(=O)N2C3CCNCC2CC3)c(Cl)c1. The number of hydrogen-bond acceptors (Lipinski definition) is 4. The van der Waals surface area contributed by atoms with Crippen LogP contribution in [-0.4, -0.2) is 37.9 Å². The van der Waals surface area contributed by atoms with E-state index in [1.165, 1.54) is 18.2 Å². The third kappa shape index (κ3) is 2.97. The van der Waals surface area contributed by atoms with Crippen LogP contribution < -0.4 is 5.32 Å². The molecule has 2 unspecified atom stereocenters. The first-order chi connectivity index (χ1) is 10.0. The molecule has 2 saturated heterocycles. The molecule has 1 N–H and O–H groups in total. The predicted octanol–water partition coefficient (Wildman–Crippen LogP) is 2.15. The van der Waals surface area contributed by atoms with Gasteiger partial charge in [-0.1, -0.05) is 11.6 Å². The molecule has 2 atom stereocenters. The molecule has 8 heteroatoms. The number of fused-ring (bicyclic) bond motifs is 2. The fourth-order valence-corrected chi connectivity index (χ4v) is 5.65. The number of halogens is 2. The van der Waals surface area contributed by atoms with Crippen LogP contribution in [0.4, 0.5) is 0 Å². The molecule has 0 spiro atoms. The maximum atomic E-state index is 13.0. The van der Waals surface area contributed by atoms with Gasteiger partial charge in [0.05, 0.1) is 16.7 Å². The number of nitrogens with zero attached hydrogens (tertiary/aromatic N) is 2. The van der Waals surface area contributed by atoms with Gasteiger partial charge in [0.15, 0.2) is 0 Å². The fraction of sp³-hybridized carbons (Fsp3) is 0.500. The summed E-state index contributed by atoms with van der Waals surface area (Å²) in [6.45, 7) is 1.53. The number of rotatable bonds is 2. The fourth-order valence-electron chi connectivity index (χ4n) is 3.22. The molecule has 0 aromatic heterocycles. The van der Waals surface area contributed by atoms with Gasteiger partial charge in [0.25, 0.3) is 0 Å². The van der Waals surface area contributed by atoms with E-state index >= 15 is 0 Å². The van der Waals surface area contributed by atoms with Crippen LogP contribution >= 0.6 is 24.0 Å². The van der Waals surface area contributed by atoms with Crippen molar-refractivity contribution in [2.24, 2.45) is 0 Å². The highest BCUT2D eigenvalue weighted by molar-refractivity contribution is 7.89. The van der Waals surface area contributed by atoms with Crippen molar-refractivity contribution in [1.29, 1.82) is 5.26 Å². The van der Waals surface area contributed by atoms with Crippen LogP contribution in [0.1, 0.15) is 24.8 Å². The second-order valence-corrected chi connectivity index (χ2v) is 7.69. The van der Waals surface area contributed by atoms with Crippen LogP contribution in [0, 0.1) is 11.3 Å². The number of hydrogen-bond donors (Lipinski definition) is 1. The Kier molecular flexibility index (Phi) is 5.36. The smallest absolute Gasteiger partial charge is 0.245 e. The second-order valence-electron chi connectivity index (χ2n) is 5.47. The lowest BCUT2D eigenvalue weighted by Gasteiger charge is -2.27. The normalized spacial score (nSPS) is 25.1. The van der Waals surface area contributed by atoms with Crippen LogP contribution in [0.15, 0.2) is 23.1 Å². The summed E-state index contributed by atoms with van der Waals surface area (Å²) in [5, 5.41) is 12.3. The number of nitrogens with one attached hydrogen (secondary N) is 1. The summed E-state index contributed by atoms with van der Waals surface area (Å²) in [4.78, 5) is 0.0990. The first-order valence-electron chi connectivity index (χ1n) is 6.98. The highest BCUT2D eigenvalue weighted by atomic mass is 35.5. The van der Waals surface area contributed by atoms with Gasteiger partial charge in [-0.2, -0.15) is 9.57 Å². The minimum atomic E-state index is -3.62. The Morgan fingerprint density at radius 3 is 2.68 bits per heavy atom. The molecule has 2 fully saturated rings. The Hall–Kier alpha value is -0.840. The van der Waals surface area contributed by atoms with E-state index in [1.54, 1.807) is 4.31 Å². The van der Waals surface area contributed by atoms with E-state index in [2.05, 4.69) is 5.32 Å². The van der Waals surface area contributed by atoms with Gasteiger partial charge in [0, 0.05) is 18.6 Å². The van der Waals surface area contributed by atoms with E-state index < -0.39 is 10.0 Å². The quantitative estimate of drug-likeness (QED) is 0.875. The molecule has 2 aliphatic rings. The van der Waals surface area contributed by atoms with Gasteiger partial charge < -0.3 is 5.32 Å². The molecule has 0 radical (unpaired) electrons. The van der Waals surface area contributed by atoms with Crippen molar-refractivity contribution in [3.8, 4) is 6.07 Å². The van der Waals surface area contributed by atoms with Crippen molar-refractivity contribution in [1.82, 2.24) is 9.62 Å². The Labute approximate surface area is 141 Å². The molecule has 1 aromatic rings. The third-order valence-electron chi connectivity index (χ3n) is 4.20. The van der Waals surface area contributed by atoms with Crippen LogP contribution in [0.3, 0.4) is 0 Å². The van der Waals surface area contributed by atoms with Crippen LogP contribution in [0.5, 0.6) is 0 Å². The molecule has 2 bridgehead atoms. The van der Waals surface area contributed by atoms with Gasteiger partial charge in [-0.05, 0) is 44.0 Å². The maximum absolute atomic E-state index is 13.0. The molecule has 0 amide bonds. The predicted molar refractivity (Wildman–Crippen MR) is 86.7 cm³/mol. The van der Waals surface area contributed by atoms with E-state index in [0.717, 1.165) is 25.8 Å². The van der Waals surface area contributed by atoms with E-state index in [0.29, 0.717) is 12.1 Å². The summed E-state index contributed by atoms with van der Waals surface area (Å²) in [6.07, 6.45) is 2.61. The zero-order valence-corrected chi connectivity index (χ0v) is 14.2. The van der Waals surface area contributed by atoms with Gasteiger partial charge in [-0.15, -0.1) is 12.4 Å². The highest BCUT2D eigenvalue weighted by Crippen LogP contribution is 2.36. The lowest BCUT2D eigenvalue weighted by Crippen LogP contribution is -2.42. The minimum absolute atomic E-state index is 0. The third-order valence-corrected chi connectivity index (χ3v) is 6.69. The molecule has 1 aromatic carbocycles. The second kappa shape index (κ2) is 6.73. The lowest BCUT2D eigenvalue weighted by atomic mass is 10.1. The van der Waals surface area contributed by atoms with Crippen molar-refractivity contribution >= 4 is 34.0 Å². The Bertz CT molecular complexity index is 689. The minimum Gasteiger partial charge on any atom is -0.315 e. The average Bonchev–Trinajstić information content (AvgIpc) is 2.72. The average molecular weight is 362 g/mol. The molecule has 5 nitrogen and oxygen atoms in total. The van der Waals surface area contributed by atoms with E-state index in [4.69, 9.17) is 16.9 Å². The van der Waals surface area contributed by atoms with Crippen molar-refractivity contribution in [3.05, 3.63) is 28.8 Å². The van der Waals surface area contributed by atoms with Crippen LogP contribution in [0.2, 0.25) is 5.02 Å². The number of nitriles is 1. The van der Waals surface area contributed by atoms with Gasteiger partial charge in [-0.25, -0.2) is 8.42 Å². The van der Waals surface area contributed by atoms with Crippen molar-refractivity contribution in [2.75, 3.05) is 13.1 Å². The molecule has 0 aliphatic carbocycles. The Morgan fingerprint density at radius 1 is 1.27 bits per heavy atom. The maximum Gasteiger partial charge on any atom is 0.245 e. The number of sulfonamides is 1. The van der Waals surface area contributed by atoms with E-state index in [1.807, 2.05) is 6.07 Å². The molecule has 22 heavy (non-hydrogen) atoms. The van der Waals surface area contributed by atoms with Crippen molar-refractivity contribution in [3.63, 3.8) is 0 Å². The zero-order chi connectivity index (χ0) is 15.0. The number of benzene rings is 1. The summed E-state index contributed by atoms with van der Waals surface area (Å²) in [6, 6.07) is 6.35. The molecular formula is C14H17Cl2N3O2S. The molecule has 2 heterocycles. The van der Waals surface area contributed by atoms with E-state index in [9.17, 15) is 8.42 Å². The molecule has 2 aliphatic heterocycles. The van der Waals surface area contributed by atoms with Gasteiger partial charge in [-0.3, -0.25) is 0 Å². The summed E-state index contributed by atoms with van der Waals surface area (Å²) >= 11 is 6.10. The molecule has 0 saturated carbocycles. The van der Waals surface area contributed by atoms with Gasteiger partial charge >= 0.3 is 0 Å². The lowest BCUT2D eigenvalue weighted by molar-refractivity contribution is 0.334. The molecule has 120 valence electrons. The topological polar surface area (TPSA) is 73.2 Å². The summed E-state index contributed by atoms with van der Waals surface area (Å²) < 4.78 is 27.5. The monoisotopic (exact) mass is 361 g/mol. The van der Waals surface area contributed by atoms with E-state index in [-0.39, 0.29) is 34.4 Å². The first kappa shape index (κ1) is 17.5.